The molecule has 1 fully saturated rings. The van der Waals surface area contributed by atoms with Gasteiger partial charge in [0.15, 0.2) is 11.5 Å². The Labute approximate surface area is 138 Å². The van der Waals surface area contributed by atoms with Crippen molar-refractivity contribution in [1.82, 2.24) is 10.6 Å². The fourth-order valence-corrected chi connectivity index (χ4v) is 2.26. The third-order valence-electron chi connectivity index (χ3n) is 3.89. The second-order valence-corrected chi connectivity index (χ2v) is 5.53. The maximum Gasteiger partial charge on any atom is 0.223 e. The highest BCUT2D eigenvalue weighted by Crippen LogP contribution is 2.26. The van der Waals surface area contributed by atoms with Crippen molar-refractivity contribution in [3.63, 3.8) is 0 Å². The van der Waals surface area contributed by atoms with Crippen LogP contribution in [0.3, 0.4) is 0 Å². The summed E-state index contributed by atoms with van der Waals surface area (Å²) in [7, 11) is 1.61. The molecular formula is C16H25ClN2O3. The van der Waals surface area contributed by atoms with Crippen LogP contribution in [0.2, 0.25) is 0 Å². The molecule has 1 amide bonds. The lowest BCUT2D eigenvalue weighted by atomic mass is 9.88. The van der Waals surface area contributed by atoms with Crippen LogP contribution in [0.5, 0.6) is 11.5 Å². The monoisotopic (exact) mass is 328 g/mol. The Morgan fingerprint density at radius 2 is 1.95 bits per heavy atom. The van der Waals surface area contributed by atoms with E-state index < -0.39 is 0 Å². The van der Waals surface area contributed by atoms with Gasteiger partial charge in [-0.3, -0.25) is 4.79 Å². The van der Waals surface area contributed by atoms with Crippen LogP contribution in [0.1, 0.15) is 13.8 Å². The average Bonchev–Trinajstić information content (AvgIpc) is 2.43. The lowest BCUT2D eigenvalue weighted by Crippen LogP contribution is -2.50. The number of carbonyl (C=O) groups excluding carboxylic acids is 1. The summed E-state index contributed by atoms with van der Waals surface area (Å²) in [5, 5.41) is 6.15. The van der Waals surface area contributed by atoms with Gasteiger partial charge in [0.2, 0.25) is 5.91 Å². The molecule has 1 aromatic carbocycles. The molecule has 1 aliphatic heterocycles. The second-order valence-electron chi connectivity index (χ2n) is 5.53. The minimum atomic E-state index is -0.114. The topological polar surface area (TPSA) is 59.6 Å². The molecule has 2 unspecified atom stereocenters. The predicted octanol–water partition coefficient (Wildman–Crippen LogP) is 1.86. The number of carbonyl (C=O) groups is 1. The summed E-state index contributed by atoms with van der Waals surface area (Å²) >= 11 is 0. The molecule has 1 saturated heterocycles. The van der Waals surface area contributed by atoms with Crippen LogP contribution in [0.15, 0.2) is 24.3 Å². The van der Waals surface area contributed by atoms with E-state index >= 15 is 0 Å². The van der Waals surface area contributed by atoms with E-state index in [9.17, 15) is 4.79 Å². The van der Waals surface area contributed by atoms with E-state index in [1.807, 2.05) is 38.1 Å². The van der Waals surface area contributed by atoms with Crippen molar-refractivity contribution >= 4 is 18.3 Å². The lowest BCUT2D eigenvalue weighted by Gasteiger charge is -2.32. The molecule has 2 atom stereocenters. The van der Waals surface area contributed by atoms with E-state index in [0.29, 0.717) is 24.0 Å². The molecule has 1 aliphatic rings. The van der Waals surface area contributed by atoms with E-state index in [1.165, 1.54) is 0 Å². The molecule has 2 N–H and O–H groups in total. The minimum Gasteiger partial charge on any atom is -0.493 e. The first kappa shape index (κ1) is 18.6. The Hall–Kier alpha value is -1.46. The molecule has 5 nitrogen and oxygen atoms in total. The minimum absolute atomic E-state index is 0. The zero-order valence-electron chi connectivity index (χ0n) is 13.3. The Balaban J connectivity index is 0.00000242. The van der Waals surface area contributed by atoms with Gasteiger partial charge in [0.05, 0.1) is 13.7 Å². The Morgan fingerprint density at radius 1 is 1.32 bits per heavy atom. The molecule has 0 spiro atoms. The normalized spacial score (nSPS) is 16.7. The van der Waals surface area contributed by atoms with Crippen LogP contribution in [0, 0.1) is 11.8 Å². The SMILES string of the molecule is COc1ccccc1OC(C)CNC(=O)C(C)C1CNC1.Cl. The van der Waals surface area contributed by atoms with E-state index in [2.05, 4.69) is 10.6 Å². The molecule has 0 aromatic heterocycles. The van der Waals surface area contributed by atoms with Gasteiger partial charge in [-0.1, -0.05) is 19.1 Å². The summed E-state index contributed by atoms with van der Waals surface area (Å²) in [5.41, 5.74) is 0. The number of amides is 1. The van der Waals surface area contributed by atoms with Gasteiger partial charge in [0.1, 0.15) is 6.10 Å². The number of hydrogen-bond donors (Lipinski definition) is 2. The third kappa shape index (κ3) is 4.78. The molecule has 2 rings (SSSR count). The summed E-state index contributed by atoms with van der Waals surface area (Å²) in [6.07, 6.45) is -0.114. The number of para-hydroxylation sites is 2. The van der Waals surface area contributed by atoms with Crippen LogP contribution in [0.4, 0.5) is 0 Å². The van der Waals surface area contributed by atoms with Crippen LogP contribution in [-0.2, 0) is 4.79 Å². The van der Waals surface area contributed by atoms with Crippen molar-refractivity contribution < 1.29 is 14.3 Å². The fraction of sp³-hybridized carbons (Fsp3) is 0.562. The molecule has 0 aliphatic carbocycles. The first-order chi connectivity index (χ1) is 10.1. The second kappa shape index (κ2) is 8.86. The Kier molecular flexibility index (Phi) is 7.48. The number of methoxy groups -OCH3 is 1. The van der Waals surface area contributed by atoms with Gasteiger partial charge in [-0.25, -0.2) is 0 Å². The summed E-state index contributed by atoms with van der Waals surface area (Å²) < 4.78 is 11.1. The highest BCUT2D eigenvalue weighted by atomic mass is 35.5. The number of rotatable bonds is 7. The van der Waals surface area contributed by atoms with E-state index in [4.69, 9.17) is 9.47 Å². The first-order valence-corrected chi connectivity index (χ1v) is 7.40. The molecule has 0 saturated carbocycles. The van der Waals surface area contributed by atoms with Gasteiger partial charge in [0.25, 0.3) is 0 Å². The number of ether oxygens (including phenoxy) is 2. The molecular weight excluding hydrogens is 304 g/mol. The number of benzene rings is 1. The van der Waals surface area contributed by atoms with Crippen molar-refractivity contribution in [2.24, 2.45) is 11.8 Å². The summed E-state index contributed by atoms with van der Waals surface area (Å²) in [5.74, 6) is 1.99. The fourth-order valence-electron chi connectivity index (χ4n) is 2.26. The lowest BCUT2D eigenvalue weighted by molar-refractivity contribution is -0.127. The van der Waals surface area contributed by atoms with E-state index in [-0.39, 0.29) is 30.3 Å². The molecule has 22 heavy (non-hydrogen) atoms. The van der Waals surface area contributed by atoms with Crippen LogP contribution in [0.25, 0.3) is 0 Å². The molecule has 1 heterocycles. The number of nitrogens with one attached hydrogen (secondary N) is 2. The summed E-state index contributed by atoms with van der Waals surface area (Å²) in [6, 6.07) is 7.51. The van der Waals surface area contributed by atoms with Gasteiger partial charge in [-0.2, -0.15) is 0 Å². The van der Waals surface area contributed by atoms with Crippen LogP contribution >= 0.6 is 12.4 Å². The summed E-state index contributed by atoms with van der Waals surface area (Å²) in [6.45, 7) is 6.26. The van der Waals surface area contributed by atoms with Gasteiger partial charge in [-0.05, 0) is 38.1 Å². The van der Waals surface area contributed by atoms with Gasteiger partial charge < -0.3 is 20.1 Å². The molecule has 0 radical (unpaired) electrons. The summed E-state index contributed by atoms with van der Waals surface area (Å²) in [4.78, 5) is 12.0. The molecule has 0 bridgehead atoms. The van der Waals surface area contributed by atoms with Crippen molar-refractivity contribution in [3.05, 3.63) is 24.3 Å². The van der Waals surface area contributed by atoms with Crippen LogP contribution in [-0.4, -0.2) is 38.8 Å². The standard InChI is InChI=1S/C16H24N2O3.ClH/c1-11(21-15-7-5-4-6-14(15)20-3)8-18-16(19)12(2)13-9-17-10-13;/h4-7,11-13,17H,8-10H2,1-3H3,(H,18,19);1H. The maximum absolute atomic E-state index is 12.0. The van der Waals surface area contributed by atoms with Crippen molar-refractivity contribution in [2.45, 2.75) is 20.0 Å². The van der Waals surface area contributed by atoms with E-state index in [0.717, 1.165) is 13.1 Å². The maximum atomic E-state index is 12.0. The van der Waals surface area contributed by atoms with Crippen LogP contribution < -0.4 is 20.1 Å². The van der Waals surface area contributed by atoms with E-state index in [1.54, 1.807) is 7.11 Å². The van der Waals surface area contributed by atoms with Gasteiger partial charge in [-0.15, -0.1) is 12.4 Å². The predicted molar refractivity (Wildman–Crippen MR) is 88.9 cm³/mol. The molecule has 1 aromatic rings. The largest absolute Gasteiger partial charge is 0.493 e. The van der Waals surface area contributed by atoms with Crippen molar-refractivity contribution in [3.8, 4) is 11.5 Å². The number of halogens is 1. The smallest absolute Gasteiger partial charge is 0.223 e. The quantitative estimate of drug-likeness (QED) is 0.802. The highest BCUT2D eigenvalue weighted by molar-refractivity contribution is 5.85. The molecule has 124 valence electrons. The van der Waals surface area contributed by atoms with Crippen molar-refractivity contribution in [2.75, 3.05) is 26.7 Å². The average molecular weight is 329 g/mol. The Morgan fingerprint density at radius 3 is 2.50 bits per heavy atom. The third-order valence-corrected chi connectivity index (χ3v) is 3.89. The van der Waals surface area contributed by atoms with Crippen molar-refractivity contribution in [1.29, 1.82) is 0 Å². The number of hydrogen-bond acceptors (Lipinski definition) is 4. The van der Waals surface area contributed by atoms with Gasteiger partial charge >= 0.3 is 0 Å². The highest BCUT2D eigenvalue weighted by Gasteiger charge is 2.28. The zero-order valence-corrected chi connectivity index (χ0v) is 14.1. The molecule has 6 heteroatoms. The first-order valence-electron chi connectivity index (χ1n) is 7.40. The Bertz CT molecular complexity index is 480. The van der Waals surface area contributed by atoms with Gasteiger partial charge in [0, 0.05) is 5.92 Å². The zero-order chi connectivity index (χ0) is 15.2.